The Kier molecular flexibility index (Phi) is 55.3. The number of unbranched alkanes of at least 4 members (excludes halogenated alkanes) is 34. The lowest BCUT2D eigenvalue weighted by atomic mass is 10.0. The van der Waals surface area contributed by atoms with Crippen LogP contribution in [0.3, 0.4) is 0 Å². The Labute approximate surface area is 428 Å². The van der Waals surface area contributed by atoms with Gasteiger partial charge < -0.3 is 14.2 Å². The van der Waals surface area contributed by atoms with Gasteiger partial charge in [0.15, 0.2) is 6.10 Å². The first-order chi connectivity index (χ1) is 34.0. The molecule has 400 valence electrons. The average molecular weight is 966 g/mol. The molecule has 0 amide bonds. The van der Waals surface area contributed by atoms with Crippen LogP contribution >= 0.6 is 0 Å². The topological polar surface area (TPSA) is 78.9 Å². The molecule has 0 aromatic heterocycles. The quantitative estimate of drug-likeness (QED) is 0.0199. The van der Waals surface area contributed by atoms with Gasteiger partial charge in [-0.2, -0.15) is 0 Å². The van der Waals surface area contributed by atoms with Crippen molar-refractivity contribution in [3.63, 3.8) is 0 Å². The third kappa shape index (κ3) is 55.9. The summed E-state index contributed by atoms with van der Waals surface area (Å²) in [5.41, 5.74) is 0. The highest BCUT2D eigenvalue weighted by atomic mass is 16.6. The second-order valence-electron chi connectivity index (χ2n) is 19.9. The van der Waals surface area contributed by atoms with Crippen molar-refractivity contribution in [3.05, 3.63) is 60.8 Å². The van der Waals surface area contributed by atoms with Crippen LogP contribution in [0.4, 0.5) is 0 Å². The van der Waals surface area contributed by atoms with Crippen molar-refractivity contribution >= 4 is 17.9 Å². The van der Waals surface area contributed by atoms with Crippen molar-refractivity contribution in [1.29, 1.82) is 0 Å². The van der Waals surface area contributed by atoms with Crippen LogP contribution in [0.1, 0.15) is 303 Å². The average Bonchev–Trinajstić information content (AvgIpc) is 3.35. The molecule has 0 aliphatic rings. The fourth-order valence-corrected chi connectivity index (χ4v) is 8.57. The molecule has 6 heteroatoms. The molecule has 1 atom stereocenters. The molecule has 69 heavy (non-hydrogen) atoms. The van der Waals surface area contributed by atoms with Crippen molar-refractivity contribution in [2.75, 3.05) is 13.2 Å². The zero-order chi connectivity index (χ0) is 50.0. The Hall–Kier alpha value is -2.89. The highest BCUT2D eigenvalue weighted by Gasteiger charge is 2.19. The van der Waals surface area contributed by atoms with Crippen LogP contribution in [0.2, 0.25) is 0 Å². The lowest BCUT2D eigenvalue weighted by Crippen LogP contribution is -2.30. The van der Waals surface area contributed by atoms with E-state index in [4.69, 9.17) is 14.2 Å². The van der Waals surface area contributed by atoms with Gasteiger partial charge in [-0.25, -0.2) is 0 Å². The number of hydrogen-bond acceptors (Lipinski definition) is 6. The Balaban J connectivity index is 4.39. The second kappa shape index (κ2) is 57.7. The number of carbonyl (C=O) groups excluding carboxylic acids is 3. The third-order valence-corrected chi connectivity index (χ3v) is 13.0. The zero-order valence-corrected chi connectivity index (χ0v) is 45.8. The van der Waals surface area contributed by atoms with Gasteiger partial charge in [-0.1, -0.05) is 268 Å². The van der Waals surface area contributed by atoms with E-state index < -0.39 is 6.10 Å². The summed E-state index contributed by atoms with van der Waals surface area (Å²) in [5, 5.41) is 0. The summed E-state index contributed by atoms with van der Waals surface area (Å²) in [5.74, 6) is -0.901. The molecule has 0 heterocycles. The van der Waals surface area contributed by atoms with E-state index >= 15 is 0 Å². The fourth-order valence-electron chi connectivity index (χ4n) is 8.57. The lowest BCUT2D eigenvalue weighted by Gasteiger charge is -2.18. The van der Waals surface area contributed by atoms with Crippen LogP contribution in [0.25, 0.3) is 0 Å². The summed E-state index contributed by atoms with van der Waals surface area (Å²) >= 11 is 0. The molecule has 0 spiro atoms. The minimum Gasteiger partial charge on any atom is -0.462 e. The first-order valence-electron chi connectivity index (χ1n) is 29.8. The molecule has 1 unspecified atom stereocenters. The van der Waals surface area contributed by atoms with Gasteiger partial charge in [0.2, 0.25) is 0 Å². The van der Waals surface area contributed by atoms with Crippen LogP contribution in [0.5, 0.6) is 0 Å². The Morgan fingerprint density at radius 1 is 0.319 bits per heavy atom. The van der Waals surface area contributed by atoms with E-state index in [9.17, 15) is 14.4 Å². The van der Waals surface area contributed by atoms with Crippen LogP contribution in [0.15, 0.2) is 60.8 Å². The highest BCUT2D eigenvalue weighted by molar-refractivity contribution is 5.71. The number of rotatable bonds is 54. The molecule has 6 nitrogen and oxygen atoms in total. The molecule has 0 radical (unpaired) electrons. The summed E-state index contributed by atoms with van der Waals surface area (Å²) in [7, 11) is 0. The van der Waals surface area contributed by atoms with Gasteiger partial charge in [-0.15, -0.1) is 0 Å². The third-order valence-electron chi connectivity index (χ3n) is 13.0. The van der Waals surface area contributed by atoms with Gasteiger partial charge in [0.05, 0.1) is 0 Å². The molecule has 0 saturated carbocycles. The molecule has 0 rings (SSSR count). The molecular formula is C63H112O6. The smallest absolute Gasteiger partial charge is 0.306 e. The van der Waals surface area contributed by atoms with E-state index in [0.29, 0.717) is 19.3 Å². The van der Waals surface area contributed by atoms with Gasteiger partial charge in [0.25, 0.3) is 0 Å². The van der Waals surface area contributed by atoms with Gasteiger partial charge in [-0.05, 0) is 77.0 Å². The molecule has 0 saturated heterocycles. The van der Waals surface area contributed by atoms with Crippen molar-refractivity contribution in [1.82, 2.24) is 0 Å². The van der Waals surface area contributed by atoms with Crippen molar-refractivity contribution in [2.45, 2.75) is 309 Å². The summed E-state index contributed by atoms with van der Waals surface area (Å²) in [6.45, 7) is 6.54. The molecule has 0 fully saturated rings. The molecule has 0 bridgehead atoms. The number of hydrogen-bond donors (Lipinski definition) is 0. The predicted octanol–water partition coefficient (Wildman–Crippen LogP) is 20.0. The lowest BCUT2D eigenvalue weighted by molar-refractivity contribution is -0.167. The number of allylic oxidation sites excluding steroid dienone is 10. The number of ether oxygens (including phenoxy) is 3. The van der Waals surface area contributed by atoms with Crippen molar-refractivity contribution < 1.29 is 28.6 Å². The summed E-state index contributed by atoms with van der Waals surface area (Å²) in [4.78, 5) is 38.2. The summed E-state index contributed by atoms with van der Waals surface area (Å²) < 4.78 is 16.9. The van der Waals surface area contributed by atoms with E-state index in [0.717, 1.165) is 89.9 Å². The van der Waals surface area contributed by atoms with Gasteiger partial charge in [0.1, 0.15) is 13.2 Å². The highest BCUT2D eigenvalue weighted by Crippen LogP contribution is 2.16. The van der Waals surface area contributed by atoms with Gasteiger partial charge in [-0.3, -0.25) is 14.4 Å². The number of carbonyl (C=O) groups is 3. The normalized spacial score (nSPS) is 12.4. The van der Waals surface area contributed by atoms with E-state index in [1.54, 1.807) is 0 Å². The van der Waals surface area contributed by atoms with Crippen LogP contribution < -0.4 is 0 Å². The van der Waals surface area contributed by atoms with Crippen molar-refractivity contribution in [2.24, 2.45) is 0 Å². The van der Waals surface area contributed by atoms with Gasteiger partial charge >= 0.3 is 17.9 Å². The molecule has 0 aromatic carbocycles. The van der Waals surface area contributed by atoms with E-state index in [1.807, 2.05) is 0 Å². The fraction of sp³-hybridized carbons (Fsp3) is 0.794. The molecule has 0 N–H and O–H groups in total. The molecule has 0 aliphatic heterocycles. The standard InChI is InChI=1S/C63H112O6/c1-4-7-10-13-16-19-22-25-28-31-32-33-36-38-41-44-47-50-53-56-62(65)68-59-60(69-63(66)57-54-51-48-45-42-39-35-30-27-24-21-18-15-12-9-6-3)58-67-61(64)55-52-49-46-43-40-37-34-29-26-23-20-17-14-11-8-5-2/h7,10,16,19,25,28,30,35,39,42,60H,4-6,8-9,11-15,17-18,20-24,26-27,29,31-34,36-38,40-41,43-59H2,1-3H3/b10-7-,19-16-,28-25-,35-30-,42-39-. The minimum absolute atomic E-state index is 0.0836. The summed E-state index contributed by atoms with van der Waals surface area (Å²) in [6.07, 6.45) is 72.1. The minimum atomic E-state index is -0.789. The first kappa shape index (κ1) is 66.1. The number of esters is 3. The zero-order valence-electron chi connectivity index (χ0n) is 45.8. The molecule has 0 aliphatic carbocycles. The second-order valence-corrected chi connectivity index (χ2v) is 19.9. The summed E-state index contributed by atoms with van der Waals surface area (Å²) in [6, 6.07) is 0. The largest absolute Gasteiger partial charge is 0.462 e. The van der Waals surface area contributed by atoms with E-state index in [2.05, 4.69) is 81.5 Å². The van der Waals surface area contributed by atoms with E-state index in [-0.39, 0.29) is 31.1 Å². The maximum atomic E-state index is 12.9. The van der Waals surface area contributed by atoms with Crippen LogP contribution in [-0.4, -0.2) is 37.2 Å². The Morgan fingerprint density at radius 2 is 0.609 bits per heavy atom. The van der Waals surface area contributed by atoms with Crippen LogP contribution in [-0.2, 0) is 28.6 Å². The Bertz CT molecular complexity index is 1250. The SMILES string of the molecule is CC/C=C\C/C=C\C/C=C\CCCCCCCCCCCC(=O)OCC(COC(=O)CCCCCCCCCCCCCCCCCC)OC(=O)CCCCC/C=C\C=C/CCCCCCCCC. The van der Waals surface area contributed by atoms with E-state index in [1.165, 1.54) is 173 Å². The first-order valence-corrected chi connectivity index (χ1v) is 29.8. The maximum absolute atomic E-state index is 12.9. The van der Waals surface area contributed by atoms with Crippen molar-refractivity contribution in [3.8, 4) is 0 Å². The van der Waals surface area contributed by atoms with Crippen LogP contribution in [0, 0.1) is 0 Å². The van der Waals surface area contributed by atoms with Gasteiger partial charge in [0, 0.05) is 19.3 Å². The molecule has 0 aromatic rings. The molecular weight excluding hydrogens is 853 g/mol. The maximum Gasteiger partial charge on any atom is 0.306 e. The monoisotopic (exact) mass is 965 g/mol. The Morgan fingerprint density at radius 3 is 0.986 bits per heavy atom. The predicted molar refractivity (Wildman–Crippen MR) is 298 cm³/mol.